The molecule has 1 N–H and O–H groups in total. The van der Waals surface area contributed by atoms with Gasteiger partial charge in [-0.05, 0) is 36.6 Å². The van der Waals surface area contributed by atoms with Crippen LogP contribution in [0.5, 0.6) is 0 Å². The number of thioether (sulfide) groups is 1. The first-order valence-corrected chi connectivity index (χ1v) is 10.9. The van der Waals surface area contributed by atoms with Gasteiger partial charge >= 0.3 is 0 Å². The number of para-hydroxylation sites is 1. The molecule has 0 saturated carbocycles. The van der Waals surface area contributed by atoms with Gasteiger partial charge in [0.2, 0.25) is 0 Å². The van der Waals surface area contributed by atoms with Crippen molar-refractivity contribution in [1.82, 2.24) is 4.98 Å². The molecular formula is C16H14N2O3S3. The van der Waals surface area contributed by atoms with Crippen molar-refractivity contribution in [3.8, 4) is 0 Å². The number of rotatable bonds is 4. The van der Waals surface area contributed by atoms with Gasteiger partial charge in [0.05, 0.1) is 15.1 Å². The zero-order valence-corrected chi connectivity index (χ0v) is 15.4. The Kier molecular flexibility index (Phi) is 4.62. The average Bonchev–Trinajstić information content (AvgIpc) is 2.96. The molecule has 1 heterocycles. The second kappa shape index (κ2) is 6.54. The zero-order chi connectivity index (χ0) is 17.3. The number of nitrogens with zero attached hydrogens (tertiary/aromatic N) is 1. The van der Waals surface area contributed by atoms with Crippen LogP contribution in [-0.4, -0.2) is 31.8 Å². The number of hydrogen-bond donors (Lipinski definition) is 1. The van der Waals surface area contributed by atoms with E-state index in [-0.39, 0.29) is 16.4 Å². The summed E-state index contributed by atoms with van der Waals surface area (Å²) in [7, 11) is -3.36. The summed E-state index contributed by atoms with van der Waals surface area (Å²) in [6, 6.07) is 11.8. The Hall–Kier alpha value is -1.90. The minimum atomic E-state index is -3.36. The van der Waals surface area contributed by atoms with Crippen LogP contribution in [0.15, 0.2) is 52.3 Å². The van der Waals surface area contributed by atoms with Crippen molar-refractivity contribution in [3.63, 3.8) is 0 Å². The number of amides is 1. The third-order valence-electron chi connectivity index (χ3n) is 3.35. The molecule has 0 aliphatic heterocycles. The molecule has 2 aromatic carbocycles. The first kappa shape index (κ1) is 16.9. The van der Waals surface area contributed by atoms with E-state index in [1.165, 1.54) is 23.5 Å². The van der Waals surface area contributed by atoms with Crippen molar-refractivity contribution in [1.29, 1.82) is 0 Å². The summed E-state index contributed by atoms with van der Waals surface area (Å²) in [5, 5.41) is 3.23. The average molecular weight is 379 g/mol. The van der Waals surface area contributed by atoms with E-state index in [1.54, 1.807) is 23.9 Å². The topological polar surface area (TPSA) is 76.1 Å². The number of fused-ring (bicyclic) bond motifs is 1. The molecule has 0 fully saturated rings. The normalized spacial score (nSPS) is 11.6. The Morgan fingerprint density at radius 2 is 1.96 bits per heavy atom. The molecule has 0 spiro atoms. The lowest BCUT2D eigenvalue weighted by Gasteiger charge is -2.03. The van der Waals surface area contributed by atoms with E-state index in [2.05, 4.69) is 10.3 Å². The van der Waals surface area contributed by atoms with Gasteiger partial charge in [0.25, 0.3) is 5.91 Å². The largest absolute Gasteiger partial charge is 0.298 e. The smallest absolute Gasteiger partial charge is 0.257 e. The van der Waals surface area contributed by atoms with Gasteiger partial charge in [-0.1, -0.05) is 23.5 Å². The molecule has 0 aliphatic rings. The molecule has 5 nitrogen and oxygen atoms in total. The SMILES string of the molecule is CSc1cccc2sc(NC(=O)c3cccc(S(C)(=O)=O)c3)nc12. The van der Waals surface area contributed by atoms with Gasteiger partial charge in [-0.3, -0.25) is 10.1 Å². The van der Waals surface area contributed by atoms with Crippen LogP contribution in [0.2, 0.25) is 0 Å². The maximum Gasteiger partial charge on any atom is 0.257 e. The van der Waals surface area contributed by atoms with E-state index < -0.39 is 9.84 Å². The van der Waals surface area contributed by atoms with E-state index in [0.29, 0.717) is 5.13 Å². The second-order valence-electron chi connectivity index (χ2n) is 5.08. The summed E-state index contributed by atoms with van der Waals surface area (Å²) in [5.41, 5.74) is 1.14. The lowest BCUT2D eigenvalue weighted by molar-refractivity contribution is 0.102. The number of carbonyl (C=O) groups is 1. The van der Waals surface area contributed by atoms with Crippen molar-refractivity contribution in [2.24, 2.45) is 0 Å². The number of benzene rings is 2. The van der Waals surface area contributed by atoms with Gasteiger partial charge in [-0.15, -0.1) is 11.8 Å². The van der Waals surface area contributed by atoms with Crippen LogP contribution < -0.4 is 5.32 Å². The van der Waals surface area contributed by atoms with E-state index in [4.69, 9.17) is 0 Å². The van der Waals surface area contributed by atoms with Crippen molar-refractivity contribution in [2.45, 2.75) is 9.79 Å². The molecule has 3 aromatic rings. The summed E-state index contributed by atoms with van der Waals surface area (Å²) < 4.78 is 24.2. The van der Waals surface area contributed by atoms with Crippen molar-refractivity contribution >= 4 is 54.2 Å². The van der Waals surface area contributed by atoms with Gasteiger partial charge in [0.15, 0.2) is 15.0 Å². The second-order valence-corrected chi connectivity index (χ2v) is 8.97. The van der Waals surface area contributed by atoms with Gasteiger partial charge in [-0.2, -0.15) is 0 Å². The lowest BCUT2D eigenvalue weighted by atomic mass is 10.2. The number of aromatic nitrogens is 1. The highest BCUT2D eigenvalue weighted by atomic mass is 32.2. The van der Waals surface area contributed by atoms with Crippen LogP contribution in [0.25, 0.3) is 10.2 Å². The Bertz CT molecular complexity index is 1030. The quantitative estimate of drug-likeness (QED) is 0.701. The Labute approximate surface area is 148 Å². The number of nitrogens with one attached hydrogen (secondary N) is 1. The summed E-state index contributed by atoms with van der Waals surface area (Å²) in [4.78, 5) is 18.0. The number of thiazole rings is 1. The molecule has 0 radical (unpaired) electrons. The molecule has 1 aromatic heterocycles. The lowest BCUT2D eigenvalue weighted by Crippen LogP contribution is -2.12. The number of hydrogen-bond acceptors (Lipinski definition) is 6. The van der Waals surface area contributed by atoms with Crippen LogP contribution in [0.3, 0.4) is 0 Å². The minimum absolute atomic E-state index is 0.115. The third kappa shape index (κ3) is 3.45. The molecule has 124 valence electrons. The summed E-state index contributed by atoms with van der Waals surface area (Å²) in [6.07, 6.45) is 3.09. The maximum absolute atomic E-state index is 12.4. The van der Waals surface area contributed by atoms with E-state index in [9.17, 15) is 13.2 Å². The minimum Gasteiger partial charge on any atom is -0.298 e. The summed E-state index contributed by atoms with van der Waals surface area (Å²) in [5.74, 6) is -0.384. The van der Waals surface area contributed by atoms with Crippen LogP contribution in [0, 0.1) is 0 Å². The molecule has 24 heavy (non-hydrogen) atoms. The number of anilines is 1. The summed E-state index contributed by atoms with van der Waals surface area (Å²) in [6.45, 7) is 0. The highest BCUT2D eigenvalue weighted by Gasteiger charge is 2.14. The van der Waals surface area contributed by atoms with Crippen molar-refractivity contribution in [2.75, 3.05) is 17.8 Å². The van der Waals surface area contributed by atoms with Gasteiger partial charge < -0.3 is 0 Å². The molecule has 0 atom stereocenters. The fraction of sp³-hybridized carbons (Fsp3) is 0.125. The Balaban J connectivity index is 1.90. The van der Waals surface area contributed by atoms with Crippen LogP contribution in [0.1, 0.15) is 10.4 Å². The van der Waals surface area contributed by atoms with Crippen molar-refractivity contribution in [3.05, 3.63) is 48.0 Å². The van der Waals surface area contributed by atoms with Crippen LogP contribution >= 0.6 is 23.1 Å². The van der Waals surface area contributed by atoms with Crippen LogP contribution in [0.4, 0.5) is 5.13 Å². The van der Waals surface area contributed by atoms with Gasteiger partial charge in [0, 0.05) is 16.7 Å². The Morgan fingerprint density at radius 3 is 2.67 bits per heavy atom. The number of sulfone groups is 1. The van der Waals surface area contributed by atoms with Gasteiger partial charge in [-0.25, -0.2) is 13.4 Å². The summed E-state index contributed by atoms with van der Waals surface area (Å²) >= 11 is 2.98. The monoisotopic (exact) mass is 378 g/mol. The highest BCUT2D eigenvalue weighted by molar-refractivity contribution is 7.98. The van der Waals surface area contributed by atoms with Gasteiger partial charge in [0.1, 0.15) is 0 Å². The fourth-order valence-corrected chi connectivity index (χ4v) is 4.36. The van der Waals surface area contributed by atoms with E-state index in [1.807, 2.05) is 24.5 Å². The molecule has 8 heteroatoms. The molecule has 0 bridgehead atoms. The molecule has 1 amide bonds. The first-order chi connectivity index (χ1) is 11.4. The standard InChI is InChI=1S/C16H14N2O3S3/c1-22-12-7-4-8-13-14(12)17-16(23-13)18-15(19)10-5-3-6-11(9-10)24(2,20)21/h3-9H,1-2H3,(H,17,18,19). The third-order valence-corrected chi connectivity index (χ3v) is 6.16. The fourth-order valence-electron chi connectivity index (χ4n) is 2.18. The predicted molar refractivity (Wildman–Crippen MR) is 98.9 cm³/mol. The molecule has 0 unspecified atom stereocenters. The molecule has 0 aliphatic carbocycles. The number of carbonyl (C=O) groups excluding carboxylic acids is 1. The highest BCUT2D eigenvalue weighted by Crippen LogP contribution is 2.32. The molecule has 0 saturated heterocycles. The zero-order valence-electron chi connectivity index (χ0n) is 12.9. The predicted octanol–water partition coefficient (Wildman–Crippen LogP) is 3.67. The molecule has 3 rings (SSSR count). The Morgan fingerprint density at radius 1 is 1.21 bits per heavy atom. The molecular weight excluding hydrogens is 364 g/mol. The van der Waals surface area contributed by atoms with E-state index in [0.717, 1.165) is 21.4 Å². The first-order valence-electron chi connectivity index (χ1n) is 6.93. The van der Waals surface area contributed by atoms with E-state index >= 15 is 0 Å². The van der Waals surface area contributed by atoms with Crippen LogP contribution in [-0.2, 0) is 9.84 Å². The van der Waals surface area contributed by atoms with Crippen molar-refractivity contribution < 1.29 is 13.2 Å². The maximum atomic E-state index is 12.4.